The van der Waals surface area contributed by atoms with Gasteiger partial charge in [0.25, 0.3) is 0 Å². The van der Waals surface area contributed by atoms with Crippen LogP contribution in [0.2, 0.25) is 0 Å². The van der Waals surface area contributed by atoms with Crippen molar-refractivity contribution in [1.29, 1.82) is 0 Å². The number of hydrogen-bond acceptors (Lipinski definition) is 3. The summed E-state index contributed by atoms with van der Waals surface area (Å²) in [6.07, 6.45) is 7.57. The van der Waals surface area contributed by atoms with Crippen LogP contribution in [0.15, 0.2) is 36.9 Å². The van der Waals surface area contributed by atoms with E-state index < -0.39 is 0 Å². The molecule has 88 valence electrons. The van der Waals surface area contributed by atoms with E-state index in [1.807, 2.05) is 4.57 Å². The Labute approximate surface area is 101 Å². The highest BCUT2D eigenvalue weighted by Crippen LogP contribution is 2.26. The molecular weight excluding hydrogens is 212 g/mol. The average Bonchev–Trinajstić information content (AvgIpc) is 2.81. The van der Waals surface area contributed by atoms with Gasteiger partial charge >= 0.3 is 0 Å². The van der Waals surface area contributed by atoms with Crippen molar-refractivity contribution in [2.24, 2.45) is 5.92 Å². The third kappa shape index (κ3) is 2.30. The molecule has 0 radical (unpaired) electrons. The van der Waals surface area contributed by atoms with Gasteiger partial charge in [0.05, 0.1) is 5.69 Å². The molecule has 3 rings (SSSR count). The Hall–Kier alpha value is -1.84. The lowest BCUT2D eigenvalue weighted by Crippen LogP contribution is -2.20. The van der Waals surface area contributed by atoms with E-state index in [2.05, 4.69) is 39.8 Å². The summed E-state index contributed by atoms with van der Waals surface area (Å²) in [6, 6.07) is 8.34. The van der Waals surface area contributed by atoms with Crippen LogP contribution >= 0.6 is 0 Å². The summed E-state index contributed by atoms with van der Waals surface area (Å²) < 4.78 is 1.91. The molecule has 0 aliphatic heterocycles. The molecule has 0 saturated heterocycles. The Balaban J connectivity index is 1.70. The second-order valence-electron chi connectivity index (χ2n) is 4.60. The van der Waals surface area contributed by atoms with Crippen LogP contribution in [0, 0.1) is 5.92 Å². The zero-order valence-corrected chi connectivity index (χ0v) is 9.71. The van der Waals surface area contributed by atoms with Gasteiger partial charge in [0.15, 0.2) is 0 Å². The fourth-order valence-corrected chi connectivity index (χ4v) is 2.07. The predicted molar refractivity (Wildman–Crippen MR) is 67.2 cm³/mol. The lowest BCUT2D eigenvalue weighted by molar-refractivity contribution is 0.333. The van der Waals surface area contributed by atoms with Crippen LogP contribution in [0.3, 0.4) is 0 Å². The predicted octanol–water partition coefficient (Wildman–Crippen LogP) is 2.48. The first kappa shape index (κ1) is 10.3. The molecule has 1 aromatic carbocycles. The number of rotatable bonds is 4. The van der Waals surface area contributed by atoms with Crippen molar-refractivity contribution >= 4 is 5.69 Å². The largest absolute Gasteiger partial charge is 0.385 e. The summed E-state index contributed by atoms with van der Waals surface area (Å²) in [5, 5.41) is 11.1. The molecule has 0 unspecified atom stereocenters. The van der Waals surface area contributed by atoms with Crippen molar-refractivity contribution in [2.45, 2.75) is 19.3 Å². The maximum atomic E-state index is 3.82. The van der Waals surface area contributed by atoms with E-state index >= 15 is 0 Å². The maximum absolute atomic E-state index is 3.82. The number of nitrogens with one attached hydrogen (secondary N) is 1. The van der Waals surface area contributed by atoms with Crippen molar-refractivity contribution in [3.63, 3.8) is 0 Å². The van der Waals surface area contributed by atoms with E-state index in [0.717, 1.165) is 18.2 Å². The van der Waals surface area contributed by atoms with E-state index in [4.69, 9.17) is 0 Å². The molecule has 2 aromatic rings. The van der Waals surface area contributed by atoms with Crippen molar-refractivity contribution in [2.75, 3.05) is 11.9 Å². The minimum absolute atomic E-state index is 0.869. The van der Waals surface area contributed by atoms with E-state index in [0.29, 0.717) is 0 Å². The first-order chi connectivity index (χ1) is 8.42. The molecular formula is C13H16N4. The normalized spacial score (nSPS) is 15.5. The van der Waals surface area contributed by atoms with Gasteiger partial charge in [0, 0.05) is 12.2 Å². The topological polar surface area (TPSA) is 42.7 Å². The van der Waals surface area contributed by atoms with E-state index in [1.165, 1.54) is 24.9 Å². The van der Waals surface area contributed by atoms with E-state index in [9.17, 15) is 0 Å². The molecule has 1 saturated carbocycles. The van der Waals surface area contributed by atoms with Gasteiger partial charge in [-0.05, 0) is 37.0 Å². The Morgan fingerprint density at radius 3 is 2.76 bits per heavy atom. The summed E-state index contributed by atoms with van der Waals surface area (Å²) in [4.78, 5) is 0. The van der Waals surface area contributed by atoms with Crippen LogP contribution in [0.25, 0.3) is 5.69 Å². The molecule has 0 atom stereocenters. The number of nitrogens with zero attached hydrogens (tertiary/aromatic N) is 3. The van der Waals surface area contributed by atoms with Crippen molar-refractivity contribution in [1.82, 2.24) is 14.8 Å². The van der Waals surface area contributed by atoms with Crippen LogP contribution in [-0.2, 0) is 0 Å². The Kier molecular flexibility index (Phi) is 2.78. The summed E-state index contributed by atoms with van der Waals surface area (Å²) in [5.74, 6) is 0.869. The number of anilines is 1. The average molecular weight is 228 g/mol. The van der Waals surface area contributed by atoms with E-state index in [1.54, 1.807) is 12.7 Å². The van der Waals surface area contributed by atoms with Gasteiger partial charge in [0.1, 0.15) is 12.7 Å². The number of benzene rings is 1. The summed E-state index contributed by atoms with van der Waals surface area (Å²) in [5.41, 5.74) is 2.26. The van der Waals surface area contributed by atoms with Crippen LogP contribution < -0.4 is 5.32 Å². The van der Waals surface area contributed by atoms with Crippen LogP contribution in [0.1, 0.15) is 19.3 Å². The fourth-order valence-electron chi connectivity index (χ4n) is 2.07. The van der Waals surface area contributed by atoms with Crippen molar-refractivity contribution < 1.29 is 0 Å². The second-order valence-corrected chi connectivity index (χ2v) is 4.60. The molecule has 1 N–H and O–H groups in total. The van der Waals surface area contributed by atoms with Gasteiger partial charge in [-0.2, -0.15) is 0 Å². The van der Waals surface area contributed by atoms with Gasteiger partial charge in [0.2, 0.25) is 0 Å². The fraction of sp³-hybridized carbons (Fsp3) is 0.385. The Bertz CT molecular complexity index is 474. The highest BCUT2D eigenvalue weighted by Gasteiger charge is 2.16. The highest BCUT2D eigenvalue weighted by atomic mass is 15.2. The molecule has 1 heterocycles. The molecule has 4 nitrogen and oxygen atoms in total. The third-order valence-electron chi connectivity index (χ3n) is 3.38. The minimum Gasteiger partial charge on any atom is -0.385 e. The minimum atomic E-state index is 0.869. The monoisotopic (exact) mass is 228 g/mol. The van der Waals surface area contributed by atoms with Crippen molar-refractivity contribution in [3.05, 3.63) is 36.9 Å². The summed E-state index contributed by atoms with van der Waals surface area (Å²) in [7, 11) is 0. The maximum Gasteiger partial charge on any atom is 0.123 e. The molecule has 0 amide bonds. The lowest BCUT2D eigenvalue weighted by atomic mass is 9.85. The smallest absolute Gasteiger partial charge is 0.123 e. The molecule has 1 aliphatic carbocycles. The quantitative estimate of drug-likeness (QED) is 0.874. The van der Waals surface area contributed by atoms with Gasteiger partial charge in [-0.25, -0.2) is 0 Å². The van der Waals surface area contributed by atoms with Gasteiger partial charge in [-0.3, -0.25) is 4.57 Å². The zero-order chi connectivity index (χ0) is 11.5. The molecule has 0 spiro atoms. The molecule has 0 bridgehead atoms. The molecule has 17 heavy (non-hydrogen) atoms. The summed E-state index contributed by atoms with van der Waals surface area (Å²) >= 11 is 0. The number of hydrogen-bond donors (Lipinski definition) is 1. The first-order valence-electron chi connectivity index (χ1n) is 6.11. The van der Waals surface area contributed by atoms with Crippen molar-refractivity contribution in [3.8, 4) is 5.69 Å². The molecule has 4 heteroatoms. The summed E-state index contributed by atoms with van der Waals surface area (Å²) in [6.45, 7) is 1.09. The van der Waals surface area contributed by atoms with Gasteiger partial charge < -0.3 is 5.32 Å². The first-order valence-corrected chi connectivity index (χ1v) is 6.11. The van der Waals surface area contributed by atoms with Crippen LogP contribution in [-0.4, -0.2) is 21.3 Å². The second kappa shape index (κ2) is 4.57. The Morgan fingerprint density at radius 2 is 2.06 bits per heavy atom. The molecule has 1 aromatic heterocycles. The standard InChI is InChI=1S/C13H16N4/c1-3-11(4-1)8-14-12-5-2-6-13(7-12)17-9-15-16-10-17/h2,5-7,9-11,14H,1,3-4,8H2. The molecule has 1 aliphatic rings. The van der Waals surface area contributed by atoms with Crippen LogP contribution in [0.4, 0.5) is 5.69 Å². The van der Waals surface area contributed by atoms with Gasteiger partial charge in [-0.15, -0.1) is 10.2 Å². The highest BCUT2D eigenvalue weighted by molar-refractivity contribution is 5.51. The Morgan fingerprint density at radius 1 is 1.24 bits per heavy atom. The zero-order valence-electron chi connectivity index (χ0n) is 9.71. The lowest BCUT2D eigenvalue weighted by Gasteiger charge is -2.25. The molecule has 1 fully saturated rings. The number of aromatic nitrogens is 3. The van der Waals surface area contributed by atoms with Gasteiger partial charge in [-0.1, -0.05) is 12.5 Å². The van der Waals surface area contributed by atoms with E-state index in [-0.39, 0.29) is 0 Å². The third-order valence-corrected chi connectivity index (χ3v) is 3.38. The van der Waals surface area contributed by atoms with Crippen LogP contribution in [0.5, 0.6) is 0 Å². The SMILES string of the molecule is c1cc(NCC2CCC2)cc(-n2cnnc2)c1.